The van der Waals surface area contributed by atoms with E-state index in [4.69, 9.17) is 0 Å². The standard InChI is InChI=1S/C27H17F4N7O5/c28-16-10-17(29)22(31)24(21(16)30)36-26(40)23-25(27(36)41)35(34-32-23)12-20(39)37-19(14-6-8-15(9-7-14)38(42)43)11-18(33-37)13-4-2-1-3-5-13/h1-10,19,23,25H,11-12H2/t19-,23+,25-/m1/s1. The number of amides is 3. The van der Waals surface area contributed by atoms with Crippen molar-refractivity contribution in [1.29, 1.82) is 0 Å². The van der Waals surface area contributed by atoms with Crippen LogP contribution < -0.4 is 4.90 Å². The number of nitro groups is 1. The summed E-state index contributed by atoms with van der Waals surface area (Å²) in [6.07, 6.45) is 0.232. The Balaban J connectivity index is 1.28. The van der Waals surface area contributed by atoms with E-state index in [0.29, 0.717) is 16.8 Å². The highest BCUT2D eigenvalue weighted by Crippen LogP contribution is 2.37. The Bertz CT molecular complexity index is 1730. The van der Waals surface area contributed by atoms with E-state index < -0.39 is 76.3 Å². The fourth-order valence-electron chi connectivity index (χ4n) is 5.17. The average Bonchev–Trinajstić information content (AvgIpc) is 3.69. The largest absolute Gasteiger partial charge is 0.271 e. The van der Waals surface area contributed by atoms with Crippen LogP contribution in [-0.2, 0) is 14.4 Å². The van der Waals surface area contributed by atoms with Crippen LogP contribution in [-0.4, -0.2) is 57.0 Å². The van der Waals surface area contributed by atoms with Gasteiger partial charge in [-0.25, -0.2) is 27.5 Å². The van der Waals surface area contributed by atoms with Gasteiger partial charge >= 0.3 is 0 Å². The third kappa shape index (κ3) is 4.56. The lowest BCUT2D eigenvalue weighted by atomic mass is 9.98. The van der Waals surface area contributed by atoms with Gasteiger partial charge in [-0.05, 0) is 11.1 Å². The lowest BCUT2D eigenvalue weighted by Crippen LogP contribution is -2.45. The number of nitrogens with zero attached hydrogens (tertiary/aromatic N) is 7. The SMILES string of the molecule is O=C1[C@H]2N=NN(CC(=O)N3N=C(c4ccccc4)C[C@@H]3c3ccc([N+](=O)[O-])cc3)[C@H]2C(=O)N1c1c(F)c(F)cc(F)c1F. The van der Waals surface area contributed by atoms with Gasteiger partial charge in [0.05, 0.1) is 16.7 Å². The number of fused-ring (bicyclic) bond motifs is 1. The normalized spacial score (nSPS) is 21.1. The minimum atomic E-state index is -1.95. The number of hydrogen-bond donors (Lipinski definition) is 0. The molecule has 6 rings (SSSR count). The van der Waals surface area contributed by atoms with Crippen LogP contribution in [0.1, 0.15) is 23.6 Å². The molecule has 0 saturated carbocycles. The molecule has 3 heterocycles. The molecule has 0 radical (unpaired) electrons. The number of carbonyl (C=O) groups is 3. The second-order valence-electron chi connectivity index (χ2n) is 9.74. The summed E-state index contributed by atoms with van der Waals surface area (Å²) >= 11 is 0. The van der Waals surface area contributed by atoms with Crippen molar-refractivity contribution in [3.05, 3.63) is 105 Å². The molecule has 0 aliphatic carbocycles. The third-order valence-electron chi connectivity index (χ3n) is 7.23. The number of hydrogen-bond acceptors (Lipinski definition) is 9. The van der Waals surface area contributed by atoms with Crippen molar-refractivity contribution in [1.82, 2.24) is 10.0 Å². The highest BCUT2D eigenvalue weighted by Gasteiger charge is 2.57. The van der Waals surface area contributed by atoms with E-state index >= 15 is 0 Å². The summed E-state index contributed by atoms with van der Waals surface area (Å²) in [6, 6.07) is 10.4. The topological polar surface area (TPSA) is 141 Å². The molecule has 3 amide bonds. The number of imide groups is 1. The van der Waals surface area contributed by atoms with Crippen LogP contribution in [0, 0.1) is 33.4 Å². The third-order valence-corrected chi connectivity index (χ3v) is 7.23. The first-order chi connectivity index (χ1) is 20.6. The number of benzene rings is 3. The van der Waals surface area contributed by atoms with Crippen molar-refractivity contribution >= 4 is 34.8 Å². The molecule has 218 valence electrons. The second kappa shape index (κ2) is 10.4. The van der Waals surface area contributed by atoms with Crippen LogP contribution in [0.3, 0.4) is 0 Å². The molecule has 43 heavy (non-hydrogen) atoms. The predicted octanol–water partition coefficient (Wildman–Crippen LogP) is 3.82. The van der Waals surface area contributed by atoms with Crippen molar-refractivity contribution in [2.75, 3.05) is 11.4 Å². The molecule has 3 aliphatic heterocycles. The smallest absolute Gasteiger partial charge is 0.269 e. The summed E-state index contributed by atoms with van der Waals surface area (Å²) in [5, 5.41) is 24.9. The molecule has 0 spiro atoms. The lowest BCUT2D eigenvalue weighted by Gasteiger charge is -2.25. The maximum Gasteiger partial charge on any atom is 0.269 e. The molecule has 0 unspecified atom stereocenters. The van der Waals surface area contributed by atoms with Crippen molar-refractivity contribution < 1.29 is 36.9 Å². The summed E-state index contributed by atoms with van der Waals surface area (Å²) < 4.78 is 56.6. The van der Waals surface area contributed by atoms with Crippen LogP contribution >= 0.6 is 0 Å². The Morgan fingerprint density at radius 1 is 0.953 bits per heavy atom. The molecule has 0 N–H and O–H groups in total. The minimum absolute atomic E-state index is 0.0387. The summed E-state index contributed by atoms with van der Waals surface area (Å²) in [4.78, 5) is 50.2. The van der Waals surface area contributed by atoms with Crippen LogP contribution in [0.4, 0.5) is 28.9 Å². The van der Waals surface area contributed by atoms with Gasteiger partial charge in [0.25, 0.3) is 23.4 Å². The first-order valence-corrected chi connectivity index (χ1v) is 12.6. The predicted molar refractivity (Wildman–Crippen MR) is 138 cm³/mol. The zero-order valence-electron chi connectivity index (χ0n) is 21.6. The Hall–Kier alpha value is -5.54. The maximum atomic E-state index is 14.5. The number of carbonyl (C=O) groups excluding carboxylic acids is 3. The van der Waals surface area contributed by atoms with Crippen molar-refractivity contribution in [3.63, 3.8) is 0 Å². The number of non-ortho nitro benzene ring substituents is 1. The average molecular weight is 595 g/mol. The van der Waals surface area contributed by atoms with E-state index in [-0.39, 0.29) is 23.1 Å². The van der Waals surface area contributed by atoms with Gasteiger partial charge in [-0.1, -0.05) is 47.7 Å². The van der Waals surface area contributed by atoms with E-state index in [1.165, 1.54) is 24.3 Å². The second-order valence-corrected chi connectivity index (χ2v) is 9.74. The van der Waals surface area contributed by atoms with Gasteiger partial charge in [0.15, 0.2) is 35.4 Å². The molecule has 3 aromatic carbocycles. The minimum Gasteiger partial charge on any atom is -0.271 e. The maximum absolute atomic E-state index is 14.5. The zero-order valence-corrected chi connectivity index (χ0v) is 21.6. The first-order valence-electron chi connectivity index (χ1n) is 12.6. The number of rotatable bonds is 6. The van der Waals surface area contributed by atoms with E-state index in [2.05, 4.69) is 15.4 Å². The summed E-state index contributed by atoms with van der Waals surface area (Å²) in [5.74, 6) is -10.8. The highest BCUT2D eigenvalue weighted by atomic mass is 19.2. The molecule has 1 fully saturated rings. The van der Waals surface area contributed by atoms with Gasteiger partial charge in [-0.2, -0.15) is 10.2 Å². The van der Waals surface area contributed by atoms with E-state index in [1.54, 1.807) is 30.3 Å². The number of hydrazone groups is 1. The quantitative estimate of drug-likeness (QED) is 0.140. The fraction of sp³-hybridized carbons (Fsp3) is 0.185. The van der Waals surface area contributed by atoms with Gasteiger partial charge in [0.2, 0.25) is 0 Å². The van der Waals surface area contributed by atoms with E-state index in [0.717, 1.165) is 10.0 Å². The molecule has 3 aliphatic rings. The fourth-order valence-corrected chi connectivity index (χ4v) is 5.17. The van der Waals surface area contributed by atoms with Crippen LogP contribution in [0.25, 0.3) is 0 Å². The van der Waals surface area contributed by atoms with Crippen molar-refractivity contribution in [2.24, 2.45) is 15.4 Å². The molecule has 12 nitrogen and oxygen atoms in total. The Morgan fingerprint density at radius 3 is 2.23 bits per heavy atom. The Kier molecular flexibility index (Phi) is 6.67. The molecule has 16 heteroatoms. The Morgan fingerprint density at radius 2 is 1.60 bits per heavy atom. The van der Waals surface area contributed by atoms with Crippen molar-refractivity contribution in [3.8, 4) is 0 Å². The van der Waals surface area contributed by atoms with Crippen LogP contribution in [0.2, 0.25) is 0 Å². The van der Waals surface area contributed by atoms with E-state index in [1.807, 2.05) is 0 Å². The first kappa shape index (κ1) is 27.6. The molecule has 0 bridgehead atoms. The van der Waals surface area contributed by atoms with Crippen LogP contribution in [0.15, 0.2) is 76.1 Å². The molecule has 3 atom stereocenters. The molecular weight excluding hydrogens is 578 g/mol. The molecular formula is C27H17F4N7O5. The van der Waals surface area contributed by atoms with Gasteiger partial charge in [0, 0.05) is 24.6 Å². The lowest BCUT2D eigenvalue weighted by molar-refractivity contribution is -0.384. The van der Waals surface area contributed by atoms with Crippen molar-refractivity contribution in [2.45, 2.75) is 24.5 Å². The number of halogens is 4. The molecule has 3 aromatic rings. The summed E-state index contributed by atoms with van der Waals surface area (Å²) in [6.45, 7) is -0.672. The van der Waals surface area contributed by atoms with Gasteiger partial charge < -0.3 is 0 Å². The molecule has 0 aromatic heterocycles. The summed E-state index contributed by atoms with van der Waals surface area (Å²) in [7, 11) is 0. The van der Waals surface area contributed by atoms with Gasteiger partial charge in [-0.3, -0.25) is 29.5 Å². The highest BCUT2D eigenvalue weighted by molar-refractivity contribution is 6.25. The molecule has 1 saturated heterocycles. The van der Waals surface area contributed by atoms with E-state index in [9.17, 15) is 42.1 Å². The monoisotopic (exact) mass is 595 g/mol. The number of anilines is 1. The van der Waals surface area contributed by atoms with Gasteiger partial charge in [-0.15, -0.1) is 0 Å². The summed E-state index contributed by atoms with van der Waals surface area (Å²) in [5.41, 5.74) is 0.0670. The van der Waals surface area contributed by atoms with Gasteiger partial charge in [0.1, 0.15) is 12.2 Å². The number of nitro benzene ring substituents is 1. The Labute approximate surface area is 238 Å². The zero-order chi connectivity index (χ0) is 30.6. The van der Waals surface area contributed by atoms with Crippen LogP contribution in [0.5, 0.6) is 0 Å².